The van der Waals surface area contributed by atoms with Crippen molar-refractivity contribution in [2.45, 2.75) is 0 Å². The molecule has 0 saturated carbocycles. The Balaban J connectivity index is 0.000000148. The zero-order valence-electron chi connectivity index (χ0n) is 47.8. The lowest BCUT2D eigenvalue weighted by atomic mass is 10.0. The van der Waals surface area contributed by atoms with Gasteiger partial charge < -0.3 is 0 Å². The van der Waals surface area contributed by atoms with Gasteiger partial charge in [0.05, 0.1) is 0 Å². The van der Waals surface area contributed by atoms with Crippen molar-refractivity contribution < 1.29 is 0 Å². The van der Waals surface area contributed by atoms with Crippen molar-refractivity contribution in [2.75, 3.05) is 0 Å². The molecule has 4 heterocycles. The van der Waals surface area contributed by atoms with Crippen LogP contribution in [0.2, 0.25) is 0 Å². The van der Waals surface area contributed by atoms with Crippen molar-refractivity contribution in [3.05, 3.63) is 340 Å². The maximum Gasteiger partial charge on any atom is 0.0459 e. The quantitative estimate of drug-likeness (QED) is 0.0952. The number of fused-ring (bicyclic) bond motifs is 4. The summed E-state index contributed by atoms with van der Waals surface area (Å²) in [5.74, 6) is 0. The van der Waals surface area contributed by atoms with Crippen LogP contribution in [0.5, 0.6) is 0 Å². The Hall–Kier alpha value is -7.80. The lowest BCUT2D eigenvalue weighted by Crippen LogP contribution is -2.22. The van der Waals surface area contributed by atoms with E-state index >= 15 is 0 Å². The van der Waals surface area contributed by atoms with E-state index in [9.17, 15) is 0 Å². The van der Waals surface area contributed by atoms with Gasteiger partial charge in [-0.1, -0.05) is 315 Å². The number of rotatable bonds is 14. The highest BCUT2D eigenvalue weighted by Gasteiger charge is 2.34. The molecule has 0 aliphatic heterocycles. The Morgan fingerprint density at radius 2 is 0.284 bits per heavy atom. The summed E-state index contributed by atoms with van der Waals surface area (Å²) in [6.45, 7) is 0. The van der Waals surface area contributed by atoms with Gasteiger partial charge in [0.2, 0.25) is 0 Å². The largest absolute Gasteiger partial charge is 0.134 e. The van der Waals surface area contributed by atoms with Crippen LogP contribution in [0.15, 0.2) is 340 Å². The zero-order valence-corrected chi connectivity index (χ0v) is 54.6. The van der Waals surface area contributed by atoms with Gasteiger partial charge in [0.1, 0.15) is 0 Å². The molecule has 16 aromatic rings. The molecule has 0 bridgehead atoms. The highest BCUT2D eigenvalue weighted by Crippen LogP contribution is 2.53. The van der Waals surface area contributed by atoms with E-state index in [2.05, 4.69) is 340 Å². The Bertz CT molecular complexity index is 4180. The molecule has 0 amide bonds. The number of benzene rings is 12. The van der Waals surface area contributed by atoms with Crippen LogP contribution in [0, 0.1) is 0 Å². The summed E-state index contributed by atoms with van der Waals surface area (Å²) in [6, 6.07) is 125. The molecular formula is C80H56P4S4. The van der Waals surface area contributed by atoms with E-state index in [1.54, 1.807) is 0 Å². The molecule has 0 atom stereocenters. The first-order chi connectivity index (χ1) is 43.7. The summed E-state index contributed by atoms with van der Waals surface area (Å²) in [5, 5.41) is 16.5. The molecule has 0 nitrogen and oxygen atoms in total. The normalized spacial score (nSPS) is 11.6. The maximum atomic E-state index is 2.34. The molecule has 8 heteroatoms. The molecule has 0 N–H and O–H groups in total. The first kappa shape index (κ1) is 56.7. The van der Waals surface area contributed by atoms with E-state index in [0.717, 1.165) is 0 Å². The molecule has 0 saturated heterocycles. The van der Waals surface area contributed by atoms with Crippen LogP contribution in [0.3, 0.4) is 0 Å². The third kappa shape index (κ3) is 11.2. The molecule has 0 aliphatic rings. The summed E-state index contributed by atoms with van der Waals surface area (Å²) in [6.07, 6.45) is 0. The molecule has 0 fully saturated rings. The average molecular weight is 1270 g/mol. The van der Waals surface area contributed by atoms with E-state index < -0.39 is 31.7 Å². The Kier molecular flexibility index (Phi) is 16.8. The second kappa shape index (κ2) is 26.1. The molecule has 4 aromatic heterocycles. The molecule has 16 rings (SSSR count). The van der Waals surface area contributed by atoms with Crippen molar-refractivity contribution in [3.63, 3.8) is 0 Å². The van der Waals surface area contributed by atoms with Crippen LogP contribution >= 0.6 is 77.0 Å². The number of hydrogen-bond donors (Lipinski definition) is 0. The van der Waals surface area contributed by atoms with Crippen LogP contribution in [-0.2, 0) is 0 Å². The van der Waals surface area contributed by atoms with Gasteiger partial charge >= 0.3 is 0 Å². The molecule has 0 spiro atoms. The summed E-state index contributed by atoms with van der Waals surface area (Å²) in [4.78, 5) is 0. The van der Waals surface area contributed by atoms with Crippen molar-refractivity contribution in [1.82, 2.24) is 0 Å². The smallest absolute Gasteiger partial charge is 0.0459 e. The minimum Gasteiger partial charge on any atom is -0.134 e. The fraction of sp³-hybridized carbons (Fsp3) is 0. The first-order valence-corrected chi connectivity index (χ1v) is 38.0. The standard InChI is InChI=1S/2C40H28P2S2/c2*1-5-17-29(18-6-1)41(30-19-7-2-8-20-30)39-37(33-25-13-15-27-35(33)43-39)38-34-26-14-16-28-36(34)44-40(38)42(31-21-9-3-10-22-31)32-23-11-4-12-24-32/h2*1-28H. The fourth-order valence-corrected chi connectivity index (χ4v) is 29.5. The van der Waals surface area contributed by atoms with Crippen molar-refractivity contribution in [2.24, 2.45) is 0 Å². The highest BCUT2D eigenvalue weighted by atomic mass is 32.1. The van der Waals surface area contributed by atoms with Gasteiger partial charge in [0, 0.05) is 81.1 Å². The van der Waals surface area contributed by atoms with E-state index in [4.69, 9.17) is 0 Å². The second-order valence-electron chi connectivity index (χ2n) is 21.1. The first-order valence-electron chi connectivity index (χ1n) is 29.4. The fourth-order valence-electron chi connectivity index (χ4n) is 11.9. The van der Waals surface area contributed by atoms with Crippen LogP contribution < -0.4 is 60.9 Å². The van der Waals surface area contributed by atoms with Crippen LogP contribution in [0.25, 0.3) is 62.6 Å². The van der Waals surface area contributed by atoms with E-state index in [0.29, 0.717) is 0 Å². The van der Waals surface area contributed by atoms with Gasteiger partial charge in [-0.3, -0.25) is 0 Å². The second-order valence-corrected chi connectivity index (χ2v) is 35.2. The zero-order chi connectivity index (χ0) is 58.6. The third-order valence-electron chi connectivity index (χ3n) is 15.7. The third-order valence-corrected chi connectivity index (χ3v) is 32.0. The molecule has 0 unspecified atom stereocenters. The molecule has 12 aromatic carbocycles. The number of hydrogen-bond acceptors (Lipinski definition) is 4. The highest BCUT2D eigenvalue weighted by molar-refractivity contribution is 7.87. The summed E-state index contributed by atoms with van der Waals surface area (Å²) in [5.41, 5.74) is 5.65. The monoisotopic (exact) mass is 1270 g/mol. The van der Waals surface area contributed by atoms with Gasteiger partial charge in [-0.15, -0.1) is 45.3 Å². The van der Waals surface area contributed by atoms with Crippen LogP contribution in [0.4, 0.5) is 0 Å². The predicted molar refractivity (Wildman–Crippen MR) is 400 cm³/mol. The van der Waals surface area contributed by atoms with E-state index in [1.165, 1.54) is 124 Å². The van der Waals surface area contributed by atoms with E-state index in [1.807, 2.05) is 45.3 Å². The Morgan fingerprint density at radius 3 is 0.443 bits per heavy atom. The predicted octanol–water partition coefficient (Wildman–Crippen LogP) is 18.6. The van der Waals surface area contributed by atoms with Gasteiger partial charge in [-0.05, 0) is 98.4 Å². The lowest BCUT2D eigenvalue weighted by molar-refractivity contribution is 1.75. The molecule has 0 aliphatic carbocycles. The minimum absolute atomic E-state index is 0.784. The van der Waals surface area contributed by atoms with Crippen molar-refractivity contribution >= 4 is 178 Å². The summed E-state index contributed by atoms with van der Waals surface area (Å²) < 4.78 is 11.3. The van der Waals surface area contributed by atoms with Crippen LogP contribution in [-0.4, -0.2) is 0 Å². The van der Waals surface area contributed by atoms with Crippen molar-refractivity contribution in [1.29, 1.82) is 0 Å². The number of thiophene rings is 4. The average Bonchev–Trinajstić information content (AvgIpc) is 1.69. The van der Waals surface area contributed by atoms with Crippen LogP contribution in [0.1, 0.15) is 0 Å². The molecule has 88 heavy (non-hydrogen) atoms. The maximum absolute atomic E-state index is 2.34. The van der Waals surface area contributed by atoms with Gasteiger partial charge in [0.15, 0.2) is 0 Å². The minimum atomic E-state index is -0.784. The molecule has 420 valence electrons. The van der Waals surface area contributed by atoms with Crippen molar-refractivity contribution in [3.8, 4) is 22.3 Å². The topological polar surface area (TPSA) is 0 Å². The lowest BCUT2D eigenvalue weighted by Gasteiger charge is -2.22. The summed E-state index contributed by atoms with van der Waals surface area (Å²) in [7, 11) is -3.13. The SMILES string of the molecule is c1ccc(P(c2ccccc2)c2sc3ccccc3c2-c2c(P(c3ccccc3)c3ccccc3)sc3ccccc23)cc1.c1ccc(P(c2ccccc2)c2sc3ccccc3c2-c2c(P(c3ccccc3)c3ccccc3)sc3ccccc23)cc1. The van der Waals surface area contributed by atoms with Gasteiger partial charge in [-0.2, -0.15) is 0 Å². The molecule has 0 radical (unpaired) electrons. The van der Waals surface area contributed by atoms with E-state index in [-0.39, 0.29) is 0 Å². The Labute approximate surface area is 535 Å². The Morgan fingerprint density at radius 1 is 0.148 bits per heavy atom. The van der Waals surface area contributed by atoms with Gasteiger partial charge in [-0.25, -0.2) is 0 Å². The summed E-state index contributed by atoms with van der Waals surface area (Å²) >= 11 is 7.92. The van der Waals surface area contributed by atoms with Gasteiger partial charge in [0.25, 0.3) is 0 Å². The molecular weight excluding hydrogens is 1210 g/mol.